The molecular weight excluding hydrogens is 308 g/mol. The zero-order chi connectivity index (χ0) is 16.8. The van der Waals surface area contributed by atoms with Gasteiger partial charge in [0, 0.05) is 10.6 Å². The predicted molar refractivity (Wildman–Crippen MR) is 95.0 cm³/mol. The van der Waals surface area contributed by atoms with E-state index < -0.39 is 6.03 Å². The van der Waals surface area contributed by atoms with Gasteiger partial charge in [0.05, 0.1) is 5.75 Å². The molecule has 3 amide bonds. The first-order chi connectivity index (χ1) is 10.9. The van der Waals surface area contributed by atoms with Crippen molar-refractivity contribution in [2.24, 2.45) is 0 Å². The second kappa shape index (κ2) is 7.83. The molecule has 23 heavy (non-hydrogen) atoms. The fraction of sp³-hybridized carbons (Fsp3) is 0.222. The number of amides is 3. The first kappa shape index (κ1) is 17.1. The van der Waals surface area contributed by atoms with E-state index in [1.165, 1.54) is 17.3 Å². The number of rotatable bonds is 4. The number of anilines is 1. The highest BCUT2D eigenvalue weighted by Crippen LogP contribution is 2.18. The van der Waals surface area contributed by atoms with Crippen LogP contribution >= 0.6 is 11.8 Å². The minimum Gasteiger partial charge on any atom is -0.307 e. The van der Waals surface area contributed by atoms with Gasteiger partial charge in [-0.25, -0.2) is 4.79 Å². The highest BCUT2D eigenvalue weighted by atomic mass is 32.2. The summed E-state index contributed by atoms with van der Waals surface area (Å²) in [5.41, 5.74) is 3.96. The van der Waals surface area contributed by atoms with Crippen LogP contribution in [0.25, 0.3) is 0 Å². The maximum absolute atomic E-state index is 11.9. The van der Waals surface area contributed by atoms with Gasteiger partial charge in [0.25, 0.3) is 0 Å². The van der Waals surface area contributed by atoms with Gasteiger partial charge >= 0.3 is 6.03 Å². The third kappa shape index (κ3) is 5.45. The lowest BCUT2D eigenvalue weighted by molar-refractivity contribution is -0.117. The number of carbonyl (C=O) groups excluding carboxylic acids is 2. The molecule has 0 aliphatic rings. The van der Waals surface area contributed by atoms with Gasteiger partial charge < -0.3 is 5.32 Å². The van der Waals surface area contributed by atoms with Crippen LogP contribution in [-0.2, 0) is 4.79 Å². The van der Waals surface area contributed by atoms with Gasteiger partial charge in [-0.15, -0.1) is 11.8 Å². The van der Waals surface area contributed by atoms with Crippen molar-refractivity contribution >= 4 is 29.4 Å². The fourth-order valence-corrected chi connectivity index (χ4v) is 2.75. The lowest BCUT2D eigenvalue weighted by Crippen LogP contribution is -2.35. The highest BCUT2D eigenvalue weighted by Gasteiger charge is 2.09. The van der Waals surface area contributed by atoms with E-state index in [0.717, 1.165) is 16.0 Å². The topological polar surface area (TPSA) is 58.2 Å². The average molecular weight is 328 g/mol. The summed E-state index contributed by atoms with van der Waals surface area (Å²) in [6, 6.07) is 13.1. The molecule has 4 nitrogen and oxygen atoms in total. The van der Waals surface area contributed by atoms with E-state index in [1.54, 1.807) is 0 Å². The molecule has 2 rings (SSSR count). The minimum absolute atomic E-state index is 0.198. The van der Waals surface area contributed by atoms with Crippen LogP contribution in [0.15, 0.2) is 47.4 Å². The van der Waals surface area contributed by atoms with Crippen LogP contribution in [0.3, 0.4) is 0 Å². The van der Waals surface area contributed by atoms with Crippen molar-refractivity contribution < 1.29 is 9.59 Å². The maximum Gasteiger partial charge on any atom is 0.325 e. The van der Waals surface area contributed by atoms with Gasteiger partial charge in [-0.1, -0.05) is 35.4 Å². The Bertz CT molecular complexity index is 711. The Morgan fingerprint density at radius 1 is 0.957 bits per heavy atom. The molecule has 2 aromatic rings. The molecule has 2 N–H and O–H groups in total. The summed E-state index contributed by atoms with van der Waals surface area (Å²) >= 11 is 1.40. The molecule has 0 aliphatic heterocycles. The molecule has 0 saturated heterocycles. The number of urea groups is 1. The summed E-state index contributed by atoms with van der Waals surface area (Å²) in [4.78, 5) is 24.7. The first-order valence-corrected chi connectivity index (χ1v) is 8.30. The molecule has 0 bridgehead atoms. The van der Waals surface area contributed by atoms with E-state index in [9.17, 15) is 9.59 Å². The summed E-state index contributed by atoms with van der Waals surface area (Å²) in [5.74, 6) is -0.124. The van der Waals surface area contributed by atoms with Crippen molar-refractivity contribution in [2.45, 2.75) is 25.7 Å². The summed E-state index contributed by atoms with van der Waals surface area (Å²) in [6.07, 6.45) is 0. The summed E-state index contributed by atoms with van der Waals surface area (Å²) in [6.45, 7) is 5.92. The van der Waals surface area contributed by atoms with E-state index in [1.807, 2.05) is 63.2 Å². The number of imide groups is 1. The van der Waals surface area contributed by atoms with Crippen molar-refractivity contribution in [1.29, 1.82) is 0 Å². The third-order valence-electron chi connectivity index (χ3n) is 3.27. The molecular formula is C18H20N2O2S. The molecule has 0 radical (unpaired) electrons. The minimum atomic E-state index is -0.508. The SMILES string of the molecule is Cc1ccc(SCC(=O)NC(=O)Nc2ccc(C)cc2C)cc1. The quantitative estimate of drug-likeness (QED) is 0.832. The monoisotopic (exact) mass is 328 g/mol. The Morgan fingerprint density at radius 3 is 2.26 bits per heavy atom. The van der Waals surface area contributed by atoms with E-state index in [-0.39, 0.29) is 11.7 Å². The molecule has 0 unspecified atom stereocenters. The lowest BCUT2D eigenvalue weighted by atomic mass is 10.1. The van der Waals surface area contributed by atoms with Gasteiger partial charge in [0.2, 0.25) is 5.91 Å². The van der Waals surface area contributed by atoms with Gasteiger partial charge in [0.1, 0.15) is 0 Å². The van der Waals surface area contributed by atoms with Gasteiger partial charge in [0.15, 0.2) is 0 Å². The average Bonchev–Trinajstić information content (AvgIpc) is 2.49. The molecule has 0 aliphatic carbocycles. The van der Waals surface area contributed by atoms with Crippen LogP contribution in [0.2, 0.25) is 0 Å². The smallest absolute Gasteiger partial charge is 0.307 e. The normalized spacial score (nSPS) is 10.2. The molecule has 120 valence electrons. The van der Waals surface area contributed by atoms with Crippen LogP contribution in [-0.4, -0.2) is 17.7 Å². The Morgan fingerprint density at radius 2 is 1.61 bits per heavy atom. The van der Waals surface area contributed by atoms with Crippen molar-refractivity contribution in [3.8, 4) is 0 Å². The van der Waals surface area contributed by atoms with E-state index in [4.69, 9.17) is 0 Å². The molecule has 0 fully saturated rings. The van der Waals surface area contributed by atoms with E-state index in [0.29, 0.717) is 5.69 Å². The molecule has 2 aromatic carbocycles. The first-order valence-electron chi connectivity index (χ1n) is 7.31. The Hall–Kier alpha value is -2.27. The third-order valence-corrected chi connectivity index (χ3v) is 4.29. The zero-order valence-electron chi connectivity index (χ0n) is 13.5. The molecule has 0 aromatic heterocycles. The Kier molecular flexibility index (Phi) is 5.82. The Balaban J connectivity index is 1.82. The molecule has 0 heterocycles. The van der Waals surface area contributed by atoms with Crippen molar-refractivity contribution in [1.82, 2.24) is 5.32 Å². The van der Waals surface area contributed by atoms with Crippen LogP contribution in [0, 0.1) is 20.8 Å². The number of benzene rings is 2. The van der Waals surface area contributed by atoms with Crippen molar-refractivity contribution in [3.05, 3.63) is 59.2 Å². The van der Waals surface area contributed by atoms with Crippen LogP contribution in [0.4, 0.5) is 10.5 Å². The number of hydrogen-bond donors (Lipinski definition) is 2. The summed E-state index contributed by atoms with van der Waals surface area (Å²) < 4.78 is 0. The lowest BCUT2D eigenvalue weighted by Gasteiger charge is -2.10. The highest BCUT2D eigenvalue weighted by molar-refractivity contribution is 8.00. The van der Waals surface area contributed by atoms with Crippen LogP contribution in [0.5, 0.6) is 0 Å². The van der Waals surface area contributed by atoms with Gasteiger partial charge in [-0.05, 0) is 44.5 Å². The largest absolute Gasteiger partial charge is 0.325 e. The van der Waals surface area contributed by atoms with E-state index >= 15 is 0 Å². The number of thioether (sulfide) groups is 1. The number of aryl methyl sites for hydroxylation is 3. The standard InChI is InChI=1S/C18H20N2O2S/c1-12-4-7-15(8-5-12)23-11-17(21)20-18(22)19-16-9-6-13(2)10-14(16)3/h4-10H,11H2,1-3H3,(H2,19,20,21,22). The molecule has 0 saturated carbocycles. The summed E-state index contributed by atoms with van der Waals surface area (Å²) in [5, 5.41) is 5.04. The molecule has 0 spiro atoms. The number of hydrogen-bond acceptors (Lipinski definition) is 3. The fourth-order valence-electron chi connectivity index (χ4n) is 2.05. The van der Waals surface area contributed by atoms with Crippen LogP contribution < -0.4 is 10.6 Å². The van der Waals surface area contributed by atoms with Crippen LogP contribution in [0.1, 0.15) is 16.7 Å². The molecule has 0 atom stereocenters. The van der Waals surface area contributed by atoms with Crippen molar-refractivity contribution in [2.75, 3.05) is 11.1 Å². The zero-order valence-corrected chi connectivity index (χ0v) is 14.3. The second-order valence-corrected chi connectivity index (χ2v) is 6.47. The van der Waals surface area contributed by atoms with Gasteiger partial charge in [-0.3, -0.25) is 10.1 Å². The summed E-state index contributed by atoms with van der Waals surface area (Å²) in [7, 11) is 0. The molecule has 5 heteroatoms. The maximum atomic E-state index is 11.9. The Labute approximate surface area is 140 Å². The van der Waals surface area contributed by atoms with Crippen molar-refractivity contribution in [3.63, 3.8) is 0 Å². The second-order valence-electron chi connectivity index (χ2n) is 5.42. The predicted octanol–water partition coefficient (Wildman–Crippen LogP) is 4.05. The van der Waals surface area contributed by atoms with Gasteiger partial charge in [-0.2, -0.15) is 0 Å². The van der Waals surface area contributed by atoms with E-state index in [2.05, 4.69) is 10.6 Å². The number of nitrogens with one attached hydrogen (secondary N) is 2. The number of carbonyl (C=O) groups is 2.